The van der Waals surface area contributed by atoms with E-state index in [0.29, 0.717) is 0 Å². The van der Waals surface area contributed by atoms with Crippen LogP contribution in [-0.4, -0.2) is 7.11 Å². The second-order valence-electron chi connectivity index (χ2n) is 4.25. The van der Waals surface area contributed by atoms with Gasteiger partial charge in [-0.15, -0.1) is 0 Å². The van der Waals surface area contributed by atoms with E-state index < -0.39 is 0 Å². The Bertz CT molecular complexity index is 599. The topological polar surface area (TPSA) is 9.23 Å². The van der Waals surface area contributed by atoms with Crippen LogP contribution < -0.4 is 4.74 Å². The summed E-state index contributed by atoms with van der Waals surface area (Å²) in [5.41, 5.74) is 3.40. The second-order valence-corrected chi connectivity index (χ2v) is 6.52. The molecule has 19 heavy (non-hydrogen) atoms. The lowest BCUT2D eigenvalue weighted by Gasteiger charge is -2.17. The first-order chi connectivity index (χ1) is 9.02. The van der Waals surface area contributed by atoms with Gasteiger partial charge in [-0.2, -0.15) is 0 Å². The minimum absolute atomic E-state index is 0.0404. The number of hydrogen-bond donors (Lipinski definition) is 0. The predicted molar refractivity (Wildman–Crippen MR) is 87.7 cm³/mol. The first-order valence-corrected chi connectivity index (χ1v) is 7.85. The maximum Gasteiger partial charge on any atom is 0.123 e. The van der Waals surface area contributed by atoms with Crippen LogP contribution in [0.15, 0.2) is 40.9 Å². The normalized spacial score (nSPS) is 12.3. The van der Waals surface area contributed by atoms with Gasteiger partial charge in [0.2, 0.25) is 0 Å². The third-order valence-corrected chi connectivity index (χ3v) is 4.69. The van der Waals surface area contributed by atoms with Crippen LogP contribution >= 0.6 is 43.5 Å². The zero-order valence-electron chi connectivity index (χ0n) is 10.6. The zero-order valence-corrected chi connectivity index (χ0v) is 14.5. The van der Waals surface area contributed by atoms with Crippen LogP contribution in [0.5, 0.6) is 5.75 Å². The van der Waals surface area contributed by atoms with Gasteiger partial charge in [-0.05, 0) is 48.4 Å². The Hall–Kier alpha value is -0.510. The van der Waals surface area contributed by atoms with Crippen LogP contribution in [0.1, 0.15) is 21.5 Å². The molecule has 0 aliphatic carbocycles. The summed E-state index contributed by atoms with van der Waals surface area (Å²) in [5.74, 6) is 0.851. The van der Waals surface area contributed by atoms with Crippen molar-refractivity contribution in [1.29, 1.82) is 0 Å². The van der Waals surface area contributed by atoms with Crippen LogP contribution in [0, 0.1) is 6.92 Å². The molecule has 2 rings (SSSR count). The highest BCUT2D eigenvalue weighted by Crippen LogP contribution is 2.39. The van der Waals surface area contributed by atoms with Crippen LogP contribution in [0.3, 0.4) is 0 Å². The standard InChI is InChI=1S/C15H13Br2ClO/c1-9-3-5-11(18)8-12(9)15(17)13-7-10(16)4-6-14(13)19-2/h3-8,15H,1-2H3. The minimum Gasteiger partial charge on any atom is -0.496 e. The van der Waals surface area contributed by atoms with Gasteiger partial charge in [-0.3, -0.25) is 0 Å². The Labute approximate surface area is 135 Å². The summed E-state index contributed by atoms with van der Waals surface area (Å²) >= 11 is 13.3. The molecular formula is C15H13Br2ClO. The van der Waals surface area contributed by atoms with Gasteiger partial charge < -0.3 is 4.74 Å². The molecule has 0 N–H and O–H groups in total. The number of halogens is 3. The molecule has 0 aromatic heterocycles. The Morgan fingerprint density at radius 2 is 1.84 bits per heavy atom. The van der Waals surface area contributed by atoms with E-state index in [2.05, 4.69) is 44.8 Å². The average molecular weight is 405 g/mol. The summed E-state index contributed by atoms with van der Waals surface area (Å²) in [5, 5.41) is 0.735. The van der Waals surface area contributed by atoms with Crippen molar-refractivity contribution in [2.24, 2.45) is 0 Å². The number of ether oxygens (including phenoxy) is 1. The number of benzene rings is 2. The molecule has 1 nitrogen and oxygen atoms in total. The maximum absolute atomic E-state index is 6.09. The number of alkyl halides is 1. The third kappa shape index (κ3) is 3.33. The number of hydrogen-bond acceptors (Lipinski definition) is 1. The smallest absolute Gasteiger partial charge is 0.123 e. The fraction of sp³-hybridized carbons (Fsp3) is 0.200. The van der Waals surface area contributed by atoms with Gasteiger partial charge in [-0.25, -0.2) is 0 Å². The van der Waals surface area contributed by atoms with E-state index in [4.69, 9.17) is 16.3 Å². The molecule has 0 aliphatic heterocycles. The molecule has 0 heterocycles. The van der Waals surface area contributed by atoms with Crippen LogP contribution in [-0.2, 0) is 0 Å². The quantitative estimate of drug-likeness (QED) is 0.579. The van der Waals surface area contributed by atoms with E-state index in [-0.39, 0.29) is 4.83 Å². The minimum atomic E-state index is 0.0404. The number of methoxy groups -OCH3 is 1. The van der Waals surface area contributed by atoms with Crippen molar-refractivity contribution in [2.45, 2.75) is 11.8 Å². The van der Waals surface area contributed by atoms with Crippen molar-refractivity contribution in [2.75, 3.05) is 7.11 Å². The summed E-state index contributed by atoms with van der Waals surface area (Å²) in [6.45, 7) is 2.07. The lowest BCUT2D eigenvalue weighted by molar-refractivity contribution is 0.410. The van der Waals surface area contributed by atoms with Crippen LogP contribution in [0.25, 0.3) is 0 Å². The van der Waals surface area contributed by atoms with E-state index >= 15 is 0 Å². The molecule has 0 aliphatic rings. The lowest BCUT2D eigenvalue weighted by atomic mass is 10.00. The van der Waals surface area contributed by atoms with Gasteiger partial charge in [0.05, 0.1) is 11.9 Å². The van der Waals surface area contributed by atoms with Crippen LogP contribution in [0.2, 0.25) is 5.02 Å². The molecule has 0 saturated carbocycles. The molecule has 0 saturated heterocycles. The second kappa shape index (κ2) is 6.29. The Kier molecular flexibility index (Phi) is 4.93. The summed E-state index contributed by atoms with van der Waals surface area (Å²) in [6, 6.07) is 11.9. The van der Waals surface area contributed by atoms with Gasteiger partial charge in [0.1, 0.15) is 5.75 Å². The molecule has 0 radical (unpaired) electrons. The Balaban J connectivity index is 2.51. The van der Waals surface area contributed by atoms with Gasteiger partial charge in [0.25, 0.3) is 0 Å². The fourth-order valence-electron chi connectivity index (χ4n) is 1.96. The largest absolute Gasteiger partial charge is 0.496 e. The van der Waals surface area contributed by atoms with Crippen molar-refractivity contribution in [3.05, 3.63) is 62.6 Å². The van der Waals surface area contributed by atoms with Crippen molar-refractivity contribution in [3.63, 3.8) is 0 Å². The highest BCUT2D eigenvalue weighted by Gasteiger charge is 2.17. The molecule has 0 amide bonds. The summed E-state index contributed by atoms with van der Waals surface area (Å²) in [7, 11) is 1.68. The Morgan fingerprint density at radius 1 is 1.11 bits per heavy atom. The average Bonchev–Trinajstić information content (AvgIpc) is 2.40. The van der Waals surface area contributed by atoms with Crippen LogP contribution in [0.4, 0.5) is 0 Å². The molecule has 2 aromatic rings. The first-order valence-electron chi connectivity index (χ1n) is 5.76. The van der Waals surface area contributed by atoms with Gasteiger partial charge >= 0.3 is 0 Å². The molecule has 100 valence electrons. The van der Waals surface area contributed by atoms with Gasteiger partial charge in [-0.1, -0.05) is 49.5 Å². The molecule has 0 bridgehead atoms. The molecule has 0 spiro atoms. The van der Waals surface area contributed by atoms with Gasteiger partial charge in [0.15, 0.2) is 0 Å². The van der Waals surface area contributed by atoms with E-state index in [0.717, 1.165) is 26.4 Å². The number of rotatable bonds is 3. The first kappa shape index (κ1) is 14.9. The third-order valence-electron chi connectivity index (χ3n) is 2.98. The summed E-state index contributed by atoms with van der Waals surface area (Å²) in [6.07, 6.45) is 0. The maximum atomic E-state index is 6.09. The molecule has 2 aromatic carbocycles. The van der Waals surface area contributed by atoms with Crippen molar-refractivity contribution in [3.8, 4) is 5.75 Å². The van der Waals surface area contributed by atoms with E-state index in [1.807, 2.05) is 30.3 Å². The van der Waals surface area contributed by atoms with Crippen molar-refractivity contribution in [1.82, 2.24) is 0 Å². The highest BCUT2D eigenvalue weighted by molar-refractivity contribution is 9.10. The van der Waals surface area contributed by atoms with E-state index in [1.165, 1.54) is 5.56 Å². The Morgan fingerprint density at radius 3 is 2.53 bits per heavy atom. The van der Waals surface area contributed by atoms with E-state index in [1.54, 1.807) is 7.11 Å². The predicted octanol–water partition coefficient (Wildman–Crippen LogP) is 5.90. The molecular weight excluding hydrogens is 391 g/mol. The summed E-state index contributed by atoms with van der Waals surface area (Å²) in [4.78, 5) is 0.0404. The van der Waals surface area contributed by atoms with Crippen molar-refractivity contribution >= 4 is 43.5 Å². The molecule has 1 atom stereocenters. The van der Waals surface area contributed by atoms with E-state index in [9.17, 15) is 0 Å². The fourth-order valence-corrected chi connectivity index (χ4v) is 3.37. The summed E-state index contributed by atoms with van der Waals surface area (Å²) < 4.78 is 6.45. The SMILES string of the molecule is COc1ccc(Br)cc1C(Br)c1cc(Cl)ccc1C. The van der Waals surface area contributed by atoms with Crippen molar-refractivity contribution < 1.29 is 4.74 Å². The van der Waals surface area contributed by atoms with Gasteiger partial charge in [0, 0.05) is 15.1 Å². The molecule has 0 fully saturated rings. The lowest BCUT2D eigenvalue weighted by Crippen LogP contribution is -1.99. The highest BCUT2D eigenvalue weighted by atomic mass is 79.9. The number of aryl methyl sites for hydroxylation is 1. The monoisotopic (exact) mass is 402 g/mol. The zero-order chi connectivity index (χ0) is 14.0. The molecule has 4 heteroatoms. The molecule has 1 unspecified atom stereocenters.